The van der Waals surface area contributed by atoms with Crippen molar-refractivity contribution in [2.45, 2.75) is 24.1 Å². The van der Waals surface area contributed by atoms with E-state index in [0.29, 0.717) is 25.7 Å². The molecule has 0 saturated carbocycles. The van der Waals surface area contributed by atoms with Gasteiger partial charge in [0.25, 0.3) is 0 Å². The third-order valence-corrected chi connectivity index (χ3v) is 8.22. The van der Waals surface area contributed by atoms with Crippen molar-refractivity contribution < 1.29 is 0 Å². The van der Waals surface area contributed by atoms with E-state index < -0.39 is 0 Å². The summed E-state index contributed by atoms with van der Waals surface area (Å²) in [6.45, 7) is 2.34. The van der Waals surface area contributed by atoms with Crippen LogP contribution in [0, 0.1) is 0 Å². The van der Waals surface area contributed by atoms with Gasteiger partial charge >= 0.3 is 152 Å². The Bertz CT molecular complexity index is 711. The van der Waals surface area contributed by atoms with Gasteiger partial charge < -0.3 is 0 Å². The van der Waals surface area contributed by atoms with Gasteiger partial charge in [0.2, 0.25) is 0 Å². The number of rotatable bonds is 6. The number of nitrogens with two attached hydrogens (primary N) is 2. The molecule has 0 radical (unpaired) electrons. The standard InChI is InChI=1S/C18H20N2S2Se/c1-12(23-13-5-3-2-4-6-13)11-14(17-15(19)7-9-21-17)18-16(20)8-10-22-18/h2-10,12,14H,11,19-20H2,1H3. The van der Waals surface area contributed by atoms with Crippen LogP contribution >= 0.6 is 22.7 Å². The van der Waals surface area contributed by atoms with E-state index in [-0.39, 0.29) is 0 Å². The number of nitrogen functional groups attached to an aromatic ring is 2. The number of hydrogen-bond donors (Lipinski definition) is 2. The molecule has 4 N–H and O–H groups in total. The zero-order valence-corrected chi connectivity index (χ0v) is 16.3. The second-order valence-corrected chi connectivity index (χ2v) is 10.6. The van der Waals surface area contributed by atoms with Crippen LogP contribution in [0.4, 0.5) is 11.4 Å². The van der Waals surface area contributed by atoms with Crippen molar-refractivity contribution in [1.29, 1.82) is 0 Å². The van der Waals surface area contributed by atoms with Crippen molar-refractivity contribution in [1.82, 2.24) is 0 Å². The molecule has 120 valence electrons. The van der Waals surface area contributed by atoms with E-state index in [0.717, 1.165) is 17.8 Å². The van der Waals surface area contributed by atoms with E-state index in [1.807, 2.05) is 12.1 Å². The zero-order valence-electron chi connectivity index (χ0n) is 12.9. The summed E-state index contributed by atoms with van der Waals surface area (Å²) < 4.78 is 1.45. The minimum atomic E-state index is 0.315. The Morgan fingerprint density at radius 3 is 1.96 bits per heavy atom. The summed E-state index contributed by atoms with van der Waals surface area (Å²) in [4.78, 5) is 3.14. The molecule has 0 aliphatic carbocycles. The predicted molar refractivity (Wildman–Crippen MR) is 105 cm³/mol. The van der Waals surface area contributed by atoms with Gasteiger partial charge in [-0.3, -0.25) is 0 Å². The molecule has 0 fully saturated rings. The average Bonchev–Trinajstić information content (AvgIpc) is 3.15. The van der Waals surface area contributed by atoms with Gasteiger partial charge in [-0.15, -0.1) is 0 Å². The first-order chi connectivity index (χ1) is 11.1. The van der Waals surface area contributed by atoms with E-state index in [4.69, 9.17) is 11.5 Å². The third-order valence-electron chi connectivity index (χ3n) is 3.74. The summed E-state index contributed by atoms with van der Waals surface area (Å²) in [7, 11) is 0. The van der Waals surface area contributed by atoms with Crippen molar-refractivity contribution in [3.63, 3.8) is 0 Å². The molecule has 1 aromatic carbocycles. The fourth-order valence-electron chi connectivity index (χ4n) is 2.67. The Kier molecular flexibility index (Phi) is 5.44. The molecule has 0 aliphatic rings. The molecule has 0 saturated heterocycles. The van der Waals surface area contributed by atoms with Crippen LogP contribution in [-0.2, 0) is 0 Å². The molecule has 23 heavy (non-hydrogen) atoms. The summed E-state index contributed by atoms with van der Waals surface area (Å²) in [6, 6.07) is 14.8. The normalized spacial score (nSPS) is 12.6. The van der Waals surface area contributed by atoms with Crippen LogP contribution in [0.2, 0.25) is 4.82 Å². The van der Waals surface area contributed by atoms with Crippen molar-refractivity contribution in [3.05, 3.63) is 63.0 Å². The Morgan fingerprint density at radius 1 is 0.913 bits per heavy atom. The Hall–Kier alpha value is -1.26. The topological polar surface area (TPSA) is 52.0 Å². The van der Waals surface area contributed by atoms with Crippen LogP contribution in [0.3, 0.4) is 0 Å². The molecule has 0 spiro atoms. The number of hydrogen-bond acceptors (Lipinski definition) is 4. The summed E-state index contributed by atoms with van der Waals surface area (Å²) >= 11 is 3.95. The van der Waals surface area contributed by atoms with Gasteiger partial charge in [0.05, 0.1) is 0 Å². The minimum absolute atomic E-state index is 0.315. The van der Waals surface area contributed by atoms with Crippen molar-refractivity contribution >= 4 is 53.5 Å². The summed E-state index contributed by atoms with van der Waals surface area (Å²) in [5.41, 5.74) is 14.2. The zero-order chi connectivity index (χ0) is 16.2. The molecular formula is C18H20N2S2Se. The number of benzene rings is 1. The van der Waals surface area contributed by atoms with Crippen LogP contribution in [0.5, 0.6) is 0 Å². The van der Waals surface area contributed by atoms with Crippen molar-refractivity contribution in [2.75, 3.05) is 11.5 Å². The first kappa shape index (κ1) is 16.6. The van der Waals surface area contributed by atoms with E-state index in [9.17, 15) is 0 Å². The first-order valence-corrected chi connectivity index (χ1v) is 11.1. The van der Waals surface area contributed by atoms with Gasteiger partial charge in [-0.25, -0.2) is 0 Å². The van der Waals surface area contributed by atoms with Crippen molar-refractivity contribution in [3.8, 4) is 0 Å². The SMILES string of the molecule is CC(CC(c1sccc1N)c1sccc1N)[Se]c1ccccc1. The van der Waals surface area contributed by atoms with Crippen LogP contribution in [0.1, 0.15) is 29.0 Å². The molecule has 0 aliphatic heterocycles. The van der Waals surface area contributed by atoms with E-state index in [2.05, 4.69) is 48.0 Å². The monoisotopic (exact) mass is 408 g/mol. The molecule has 2 nitrogen and oxygen atoms in total. The summed E-state index contributed by atoms with van der Waals surface area (Å²) in [5.74, 6) is 0.315. The molecular weight excluding hydrogens is 387 g/mol. The van der Waals surface area contributed by atoms with Crippen LogP contribution in [-0.4, -0.2) is 15.0 Å². The molecule has 3 rings (SSSR count). The van der Waals surface area contributed by atoms with Gasteiger partial charge in [0, 0.05) is 0 Å². The van der Waals surface area contributed by atoms with Gasteiger partial charge in [-0.05, 0) is 0 Å². The summed E-state index contributed by atoms with van der Waals surface area (Å²) in [6.07, 6.45) is 1.09. The maximum atomic E-state index is 6.21. The second kappa shape index (κ2) is 7.54. The quantitative estimate of drug-likeness (QED) is 0.598. The predicted octanol–water partition coefficient (Wildman–Crippen LogP) is 4.33. The molecule has 2 heterocycles. The second-order valence-electron chi connectivity index (χ2n) is 5.51. The van der Waals surface area contributed by atoms with Crippen LogP contribution < -0.4 is 15.9 Å². The number of thiophene rings is 2. The van der Waals surface area contributed by atoms with E-state index in [1.54, 1.807) is 22.7 Å². The molecule has 0 bridgehead atoms. The van der Waals surface area contributed by atoms with E-state index >= 15 is 0 Å². The Labute approximate surface area is 151 Å². The van der Waals surface area contributed by atoms with Crippen LogP contribution in [0.15, 0.2) is 53.2 Å². The van der Waals surface area contributed by atoms with Gasteiger partial charge in [-0.2, -0.15) is 0 Å². The average molecular weight is 407 g/mol. The van der Waals surface area contributed by atoms with Gasteiger partial charge in [0.1, 0.15) is 0 Å². The molecule has 1 unspecified atom stereocenters. The fraction of sp³-hybridized carbons (Fsp3) is 0.222. The molecule has 5 heteroatoms. The Balaban J connectivity index is 1.82. The van der Waals surface area contributed by atoms with Crippen molar-refractivity contribution in [2.24, 2.45) is 0 Å². The Morgan fingerprint density at radius 2 is 1.48 bits per heavy atom. The summed E-state index contributed by atoms with van der Waals surface area (Å²) in [5, 5.41) is 4.16. The molecule has 0 amide bonds. The molecule has 1 atom stereocenters. The van der Waals surface area contributed by atoms with Gasteiger partial charge in [-0.1, -0.05) is 0 Å². The maximum absolute atomic E-state index is 6.21. The van der Waals surface area contributed by atoms with Gasteiger partial charge in [0.15, 0.2) is 0 Å². The fourth-order valence-corrected chi connectivity index (χ4v) is 6.87. The first-order valence-electron chi connectivity index (χ1n) is 7.52. The van der Waals surface area contributed by atoms with E-state index in [1.165, 1.54) is 14.2 Å². The molecule has 3 aromatic rings. The van der Waals surface area contributed by atoms with Crippen LogP contribution in [0.25, 0.3) is 0 Å². The third kappa shape index (κ3) is 3.99. The molecule has 2 aromatic heterocycles. The number of anilines is 2.